The molecule has 0 saturated heterocycles. The fourth-order valence-electron chi connectivity index (χ4n) is 3.66. The van der Waals surface area contributed by atoms with E-state index in [9.17, 15) is 19.0 Å². The average molecular weight is 385 g/mol. The van der Waals surface area contributed by atoms with Crippen molar-refractivity contribution >= 4 is 5.69 Å². The Morgan fingerprint density at radius 2 is 1.50 bits per heavy atom. The molecule has 0 fully saturated rings. The molecule has 1 aliphatic carbocycles. The second kappa shape index (κ2) is 9.62. The van der Waals surface area contributed by atoms with E-state index in [1.54, 1.807) is 6.07 Å². The third-order valence-electron chi connectivity index (χ3n) is 5.09. The van der Waals surface area contributed by atoms with Crippen molar-refractivity contribution in [2.75, 3.05) is 31.2 Å². The fourth-order valence-corrected chi connectivity index (χ4v) is 3.66. The van der Waals surface area contributed by atoms with Crippen LogP contribution in [0.2, 0.25) is 0 Å². The topological polar surface area (TPSA) is 43.7 Å². The molecule has 3 rings (SSSR count). The van der Waals surface area contributed by atoms with Crippen molar-refractivity contribution in [2.24, 2.45) is 5.92 Å². The first-order chi connectivity index (χ1) is 13.6. The summed E-state index contributed by atoms with van der Waals surface area (Å²) in [4.78, 5) is 1.93. The summed E-state index contributed by atoms with van der Waals surface area (Å²) in [6.45, 7) is 0.970. The third-order valence-corrected chi connectivity index (χ3v) is 5.09. The number of halogens is 2. The Hall–Kier alpha value is -2.50. The SMILES string of the molecule is OCCN(CCO)c1ccc(C2C=CC=CC2Cc2ccc(F)c(F)c2)cc1. The summed E-state index contributed by atoms with van der Waals surface area (Å²) >= 11 is 0. The lowest BCUT2D eigenvalue weighted by Gasteiger charge is -2.27. The number of anilines is 1. The molecule has 2 atom stereocenters. The number of hydrogen-bond acceptors (Lipinski definition) is 3. The number of nitrogens with zero attached hydrogens (tertiary/aromatic N) is 1. The van der Waals surface area contributed by atoms with Crippen LogP contribution in [0.15, 0.2) is 66.8 Å². The summed E-state index contributed by atoms with van der Waals surface area (Å²) in [6, 6.07) is 12.1. The first-order valence-corrected chi connectivity index (χ1v) is 9.48. The molecule has 1 aliphatic rings. The zero-order chi connectivity index (χ0) is 19.9. The summed E-state index contributed by atoms with van der Waals surface area (Å²) in [7, 11) is 0. The molecule has 2 N–H and O–H groups in total. The molecule has 0 radical (unpaired) electrons. The molecule has 2 aromatic rings. The van der Waals surface area contributed by atoms with Crippen LogP contribution in [0.4, 0.5) is 14.5 Å². The molecule has 0 amide bonds. The van der Waals surface area contributed by atoms with Crippen molar-refractivity contribution in [1.82, 2.24) is 0 Å². The molecular formula is C23H25F2NO2. The molecule has 0 aliphatic heterocycles. The molecule has 0 heterocycles. The Kier molecular flexibility index (Phi) is 6.95. The van der Waals surface area contributed by atoms with Crippen molar-refractivity contribution in [3.8, 4) is 0 Å². The Balaban J connectivity index is 1.77. The highest BCUT2D eigenvalue weighted by atomic mass is 19.2. The van der Waals surface area contributed by atoms with Gasteiger partial charge in [-0.05, 0) is 47.7 Å². The van der Waals surface area contributed by atoms with Crippen molar-refractivity contribution in [3.05, 3.63) is 89.5 Å². The van der Waals surface area contributed by atoms with Crippen LogP contribution in [0.25, 0.3) is 0 Å². The Morgan fingerprint density at radius 3 is 2.14 bits per heavy atom. The number of aliphatic hydroxyl groups is 2. The van der Waals surface area contributed by atoms with Crippen LogP contribution in [-0.4, -0.2) is 36.5 Å². The highest BCUT2D eigenvalue weighted by Gasteiger charge is 2.21. The minimum absolute atomic E-state index is 0.0220. The molecule has 28 heavy (non-hydrogen) atoms. The van der Waals surface area contributed by atoms with Gasteiger partial charge >= 0.3 is 0 Å². The van der Waals surface area contributed by atoms with E-state index in [2.05, 4.69) is 12.2 Å². The molecule has 0 spiro atoms. The quantitative estimate of drug-likeness (QED) is 0.726. The molecular weight excluding hydrogens is 360 g/mol. The maximum atomic E-state index is 13.6. The van der Waals surface area contributed by atoms with E-state index in [1.807, 2.05) is 41.3 Å². The second-order valence-electron chi connectivity index (χ2n) is 6.94. The van der Waals surface area contributed by atoms with Gasteiger partial charge in [0.15, 0.2) is 11.6 Å². The second-order valence-corrected chi connectivity index (χ2v) is 6.94. The molecule has 148 valence electrons. The Bertz CT molecular complexity index is 827. The van der Waals surface area contributed by atoms with Gasteiger partial charge < -0.3 is 15.1 Å². The molecule has 2 unspecified atom stereocenters. The van der Waals surface area contributed by atoms with Crippen LogP contribution in [-0.2, 0) is 6.42 Å². The number of rotatable bonds is 8. The summed E-state index contributed by atoms with van der Waals surface area (Å²) in [5.41, 5.74) is 2.84. The smallest absolute Gasteiger partial charge is 0.159 e. The predicted molar refractivity (Wildman–Crippen MR) is 107 cm³/mol. The van der Waals surface area contributed by atoms with E-state index >= 15 is 0 Å². The lowest BCUT2D eigenvalue weighted by Crippen LogP contribution is -2.29. The molecule has 5 heteroatoms. The van der Waals surface area contributed by atoms with Gasteiger partial charge in [0.1, 0.15) is 0 Å². The lowest BCUT2D eigenvalue weighted by atomic mass is 9.79. The van der Waals surface area contributed by atoms with E-state index in [0.29, 0.717) is 19.5 Å². The fraction of sp³-hybridized carbons (Fsp3) is 0.304. The van der Waals surface area contributed by atoms with Gasteiger partial charge in [-0.25, -0.2) is 8.78 Å². The van der Waals surface area contributed by atoms with Crippen molar-refractivity contribution < 1.29 is 19.0 Å². The normalized spacial score (nSPS) is 18.4. The molecule has 0 bridgehead atoms. The van der Waals surface area contributed by atoms with Crippen molar-refractivity contribution in [1.29, 1.82) is 0 Å². The predicted octanol–water partition coefficient (Wildman–Crippen LogP) is 3.82. The van der Waals surface area contributed by atoms with Crippen molar-refractivity contribution in [2.45, 2.75) is 12.3 Å². The largest absolute Gasteiger partial charge is 0.395 e. The Morgan fingerprint density at radius 1 is 0.821 bits per heavy atom. The highest BCUT2D eigenvalue weighted by molar-refractivity contribution is 5.49. The van der Waals surface area contributed by atoms with E-state index in [-0.39, 0.29) is 25.0 Å². The minimum atomic E-state index is -0.828. The molecule has 0 saturated carbocycles. The van der Waals surface area contributed by atoms with Gasteiger partial charge in [-0.1, -0.05) is 42.5 Å². The summed E-state index contributed by atoms with van der Waals surface area (Å²) < 4.78 is 26.7. The van der Waals surface area contributed by atoms with Gasteiger partial charge in [-0.15, -0.1) is 0 Å². The average Bonchev–Trinajstić information content (AvgIpc) is 2.71. The first kappa shape index (κ1) is 20.2. The zero-order valence-corrected chi connectivity index (χ0v) is 15.6. The van der Waals surface area contributed by atoms with Crippen LogP contribution < -0.4 is 4.90 Å². The van der Waals surface area contributed by atoms with Crippen LogP contribution in [0.1, 0.15) is 17.0 Å². The van der Waals surface area contributed by atoms with Crippen molar-refractivity contribution in [3.63, 3.8) is 0 Å². The van der Waals surface area contributed by atoms with Gasteiger partial charge in [0, 0.05) is 24.7 Å². The summed E-state index contributed by atoms with van der Waals surface area (Å²) in [6.07, 6.45) is 8.83. The summed E-state index contributed by atoms with van der Waals surface area (Å²) in [5, 5.41) is 18.4. The molecule has 0 aromatic heterocycles. The van der Waals surface area contributed by atoms with Gasteiger partial charge in [-0.3, -0.25) is 0 Å². The zero-order valence-electron chi connectivity index (χ0n) is 15.6. The van der Waals surface area contributed by atoms with E-state index in [4.69, 9.17) is 0 Å². The standard InChI is InChI=1S/C23H25F2NO2/c24-22-10-5-17(16-23(22)25)15-19-3-1-2-4-21(19)18-6-8-20(9-7-18)26(11-13-27)12-14-28/h1-10,16,19,21,27-28H,11-15H2. The number of allylic oxidation sites excluding steroid dienone is 4. The maximum Gasteiger partial charge on any atom is 0.159 e. The van der Waals surface area contributed by atoms with Gasteiger partial charge in [0.2, 0.25) is 0 Å². The maximum absolute atomic E-state index is 13.6. The third kappa shape index (κ3) is 4.86. The number of aliphatic hydroxyl groups excluding tert-OH is 2. The van der Waals surface area contributed by atoms with E-state index in [0.717, 1.165) is 16.8 Å². The number of hydrogen-bond donors (Lipinski definition) is 2. The van der Waals surface area contributed by atoms with Crippen LogP contribution in [0.3, 0.4) is 0 Å². The Labute approximate surface area is 164 Å². The van der Waals surface area contributed by atoms with Gasteiger partial charge in [0.25, 0.3) is 0 Å². The van der Waals surface area contributed by atoms with Gasteiger partial charge in [0.05, 0.1) is 13.2 Å². The van der Waals surface area contributed by atoms with E-state index in [1.165, 1.54) is 12.1 Å². The van der Waals surface area contributed by atoms with Crippen LogP contribution in [0, 0.1) is 17.6 Å². The molecule has 2 aromatic carbocycles. The lowest BCUT2D eigenvalue weighted by molar-refractivity contribution is 0.281. The van der Waals surface area contributed by atoms with Crippen LogP contribution in [0.5, 0.6) is 0 Å². The van der Waals surface area contributed by atoms with Gasteiger partial charge in [-0.2, -0.15) is 0 Å². The first-order valence-electron chi connectivity index (χ1n) is 9.48. The number of benzene rings is 2. The monoisotopic (exact) mass is 385 g/mol. The van der Waals surface area contributed by atoms with E-state index < -0.39 is 11.6 Å². The van der Waals surface area contributed by atoms with Crippen LogP contribution >= 0.6 is 0 Å². The molecule has 3 nitrogen and oxygen atoms in total. The summed E-state index contributed by atoms with van der Waals surface area (Å²) in [5.74, 6) is -1.37. The minimum Gasteiger partial charge on any atom is -0.395 e. The highest BCUT2D eigenvalue weighted by Crippen LogP contribution is 2.33.